The van der Waals surface area contributed by atoms with Gasteiger partial charge in [-0.15, -0.1) is 4.85 Å². The van der Waals surface area contributed by atoms with Crippen molar-refractivity contribution in [3.05, 3.63) is 45.2 Å². The van der Waals surface area contributed by atoms with Crippen LogP contribution >= 0.6 is 22.6 Å². The Balaban J connectivity index is 1.79. The highest BCUT2D eigenvalue weighted by Gasteiger charge is 2.26. The van der Waals surface area contributed by atoms with Crippen molar-refractivity contribution in [1.29, 1.82) is 0 Å². The molecule has 4 nitrogen and oxygen atoms in total. The maximum absolute atomic E-state index is 9.08. The fraction of sp³-hybridized carbons (Fsp3) is 0.308. The van der Waals surface area contributed by atoms with Gasteiger partial charge in [0, 0.05) is 15.2 Å². The summed E-state index contributed by atoms with van der Waals surface area (Å²) in [5.41, 5.74) is 2.64. The van der Waals surface area contributed by atoms with Gasteiger partial charge in [0.15, 0.2) is 0 Å². The zero-order valence-corrected chi connectivity index (χ0v) is 11.9. The Kier molecular flexibility index (Phi) is 3.15. The Morgan fingerprint density at radius 3 is 2.89 bits per heavy atom. The van der Waals surface area contributed by atoms with E-state index in [9.17, 15) is 0 Å². The first-order valence-electron chi connectivity index (χ1n) is 5.89. The smallest absolute Gasteiger partial charge is 0.236 e. The molecule has 1 aliphatic rings. The second-order valence-corrected chi connectivity index (χ2v) is 5.61. The monoisotopic (exact) mass is 356 g/mol. The lowest BCUT2D eigenvalue weighted by Crippen LogP contribution is -2.03. The quantitative estimate of drug-likeness (QED) is 0.676. The first-order valence-corrected chi connectivity index (χ1v) is 6.97. The molecule has 0 atom stereocenters. The number of halogens is 1. The third-order valence-electron chi connectivity index (χ3n) is 3.09. The molecule has 0 spiro atoms. The van der Waals surface area contributed by atoms with Gasteiger partial charge < -0.3 is 9.94 Å². The standard InChI is InChI=1S/C13H13IN2O2/c14-12-3-1-2-10(9-4-5-9)11(12)8-18-13-6-7-16(17)15-13/h1-3,6-7,9,17H,4-5,8H2. The van der Waals surface area contributed by atoms with Crippen molar-refractivity contribution in [1.82, 2.24) is 9.94 Å². The van der Waals surface area contributed by atoms with Crippen LogP contribution in [-0.4, -0.2) is 15.2 Å². The third-order valence-corrected chi connectivity index (χ3v) is 4.10. The molecule has 3 rings (SSSR count). The molecular weight excluding hydrogens is 343 g/mol. The minimum absolute atomic E-state index is 0.443. The molecular formula is C13H13IN2O2. The number of aromatic nitrogens is 2. The third kappa shape index (κ3) is 2.45. The summed E-state index contributed by atoms with van der Waals surface area (Å²) in [6.07, 6.45) is 4.00. The number of hydrogen-bond donors (Lipinski definition) is 1. The maximum atomic E-state index is 9.08. The summed E-state index contributed by atoms with van der Waals surface area (Å²) in [5.74, 6) is 1.15. The topological polar surface area (TPSA) is 47.3 Å². The molecule has 1 aromatic carbocycles. The van der Waals surface area contributed by atoms with Crippen molar-refractivity contribution in [3.8, 4) is 5.88 Å². The van der Waals surface area contributed by atoms with Crippen LogP contribution in [0.15, 0.2) is 30.5 Å². The van der Waals surface area contributed by atoms with Crippen LogP contribution < -0.4 is 4.74 Å². The summed E-state index contributed by atoms with van der Waals surface area (Å²) in [7, 11) is 0. The summed E-state index contributed by atoms with van der Waals surface area (Å²) in [4.78, 5) is 0.757. The second kappa shape index (κ2) is 4.79. The van der Waals surface area contributed by atoms with Crippen LogP contribution in [0, 0.1) is 3.57 Å². The highest BCUT2D eigenvalue weighted by Crippen LogP contribution is 2.42. The molecule has 18 heavy (non-hydrogen) atoms. The largest absolute Gasteiger partial charge is 0.472 e. The summed E-state index contributed by atoms with van der Waals surface area (Å²) >= 11 is 2.34. The van der Waals surface area contributed by atoms with Crippen molar-refractivity contribution in [2.45, 2.75) is 25.4 Å². The first-order chi connectivity index (χ1) is 8.74. The van der Waals surface area contributed by atoms with E-state index in [-0.39, 0.29) is 0 Å². The van der Waals surface area contributed by atoms with Gasteiger partial charge in [0.1, 0.15) is 6.61 Å². The summed E-state index contributed by atoms with van der Waals surface area (Å²) in [6, 6.07) is 8.02. The van der Waals surface area contributed by atoms with E-state index in [0.717, 1.165) is 4.85 Å². The Morgan fingerprint density at radius 2 is 2.22 bits per heavy atom. The molecule has 94 valence electrons. The molecule has 0 radical (unpaired) electrons. The molecule has 0 unspecified atom stereocenters. The number of rotatable bonds is 4. The molecule has 5 heteroatoms. The van der Waals surface area contributed by atoms with Gasteiger partial charge in [-0.25, -0.2) is 0 Å². The molecule has 1 fully saturated rings. The van der Waals surface area contributed by atoms with Crippen LogP contribution in [0.3, 0.4) is 0 Å². The molecule has 1 aromatic heterocycles. The van der Waals surface area contributed by atoms with E-state index in [0.29, 0.717) is 18.4 Å². The number of benzene rings is 1. The van der Waals surface area contributed by atoms with E-state index in [2.05, 4.69) is 45.9 Å². The van der Waals surface area contributed by atoms with E-state index in [1.165, 1.54) is 33.7 Å². The van der Waals surface area contributed by atoms with Crippen molar-refractivity contribution in [2.75, 3.05) is 0 Å². The van der Waals surface area contributed by atoms with Crippen molar-refractivity contribution in [2.24, 2.45) is 0 Å². The summed E-state index contributed by atoms with van der Waals surface area (Å²) in [6.45, 7) is 0.502. The van der Waals surface area contributed by atoms with Crippen molar-refractivity contribution < 1.29 is 9.94 Å². The Morgan fingerprint density at radius 1 is 1.39 bits per heavy atom. The molecule has 0 aliphatic heterocycles. The minimum Gasteiger partial charge on any atom is -0.472 e. The number of nitrogens with zero attached hydrogens (tertiary/aromatic N) is 2. The second-order valence-electron chi connectivity index (χ2n) is 4.44. The predicted molar refractivity (Wildman–Crippen MR) is 74.9 cm³/mol. The molecule has 0 amide bonds. The van der Waals surface area contributed by atoms with Crippen LogP contribution in [-0.2, 0) is 6.61 Å². The van der Waals surface area contributed by atoms with Crippen molar-refractivity contribution >= 4 is 22.6 Å². The zero-order valence-electron chi connectivity index (χ0n) is 9.71. The first kappa shape index (κ1) is 11.8. The normalized spacial score (nSPS) is 14.7. The number of hydrogen-bond acceptors (Lipinski definition) is 3. The van der Waals surface area contributed by atoms with Gasteiger partial charge in [-0.2, -0.15) is 0 Å². The van der Waals surface area contributed by atoms with E-state index in [1.54, 1.807) is 6.07 Å². The molecule has 0 bridgehead atoms. The lowest BCUT2D eigenvalue weighted by Gasteiger charge is -2.11. The fourth-order valence-electron chi connectivity index (χ4n) is 2.03. The van der Waals surface area contributed by atoms with Gasteiger partial charge in [0.05, 0.1) is 6.20 Å². The van der Waals surface area contributed by atoms with Gasteiger partial charge in [-0.3, -0.25) is 0 Å². The number of ether oxygens (including phenoxy) is 1. The minimum atomic E-state index is 0.443. The van der Waals surface area contributed by atoms with E-state index in [1.807, 2.05) is 0 Å². The molecule has 1 heterocycles. The van der Waals surface area contributed by atoms with Gasteiger partial charge in [-0.05, 0) is 53.0 Å². The molecule has 1 saturated carbocycles. The van der Waals surface area contributed by atoms with Crippen LogP contribution in [0.2, 0.25) is 0 Å². The van der Waals surface area contributed by atoms with Crippen LogP contribution in [0.25, 0.3) is 0 Å². The molecule has 1 aliphatic carbocycles. The zero-order chi connectivity index (χ0) is 12.5. The highest BCUT2D eigenvalue weighted by molar-refractivity contribution is 14.1. The summed E-state index contributed by atoms with van der Waals surface area (Å²) < 4.78 is 6.84. The van der Waals surface area contributed by atoms with E-state index in [4.69, 9.17) is 9.94 Å². The van der Waals surface area contributed by atoms with E-state index >= 15 is 0 Å². The van der Waals surface area contributed by atoms with Gasteiger partial charge in [0.2, 0.25) is 5.88 Å². The molecule has 1 N–H and O–H groups in total. The van der Waals surface area contributed by atoms with Crippen molar-refractivity contribution in [3.63, 3.8) is 0 Å². The Hall–Kier alpha value is -1.24. The average Bonchev–Trinajstić information content (AvgIpc) is 3.11. The lowest BCUT2D eigenvalue weighted by molar-refractivity contribution is 0.141. The molecule has 2 aromatic rings. The molecule has 0 saturated heterocycles. The van der Waals surface area contributed by atoms with E-state index < -0.39 is 0 Å². The lowest BCUT2D eigenvalue weighted by atomic mass is 10.0. The van der Waals surface area contributed by atoms with Gasteiger partial charge in [0.25, 0.3) is 0 Å². The van der Waals surface area contributed by atoms with Gasteiger partial charge in [-0.1, -0.05) is 17.2 Å². The SMILES string of the molecule is On1ccc(OCc2c(I)cccc2C2CC2)n1. The predicted octanol–water partition coefficient (Wildman–Crippen LogP) is 3.18. The highest BCUT2D eigenvalue weighted by atomic mass is 127. The maximum Gasteiger partial charge on any atom is 0.236 e. The van der Waals surface area contributed by atoms with Crippen LogP contribution in [0.4, 0.5) is 0 Å². The summed E-state index contributed by atoms with van der Waals surface area (Å²) in [5, 5.41) is 12.9. The Bertz CT molecular complexity index is 564. The average molecular weight is 356 g/mol. The van der Waals surface area contributed by atoms with Gasteiger partial charge >= 0.3 is 0 Å². The van der Waals surface area contributed by atoms with Crippen LogP contribution in [0.5, 0.6) is 5.88 Å². The Labute approximate surface area is 119 Å². The fourth-order valence-corrected chi connectivity index (χ4v) is 2.70. The van der Waals surface area contributed by atoms with Crippen LogP contribution in [0.1, 0.15) is 29.9 Å².